The first kappa shape index (κ1) is 17.9. The summed E-state index contributed by atoms with van der Waals surface area (Å²) in [5, 5.41) is 3.51. The van der Waals surface area contributed by atoms with Crippen LogP contribution in [0.3, 0.4) is 0 Å². The van der Waals surface area contributed by atoms with E-state index in [0.717, 1.165) is 25.7 Å². The molecule has 20 heavy (non-hydrogen) atoms. The van der Waals surface area contributed by atoms with Crippen molar-refractivity contribution in [2.24, 2.45) is 5.41 Å². The molecule has 1 aliphatic carbocycles. The van der Waals surface area contributed by atoms with Crippen molar-refractivity contribution in [3.8, 4) is 0 Å². The lowest BCUT2D eigenvalue weighted by Crippen LogP contribution is -2.54. The monoisotopic (exact) mass is 285 g/mol. The predicted molar refractivity (Wildman–Crippen MR) is 85.2 cm³/mol. The normalized spacial score (nSPS) is 23.6. The third-order valence-electron chi connectivity index (χ3n) is 5.43. The molecule has 1 N–H and O–H groups in total. The lowest BCUT2D eigenvalue weighted by molar-refractivity contribution is -0.0912. The molecule has 1 aliphatic rings. The lowest BCUT2D eigenvalue weighted by Gasteiger charge is -2.47. The van der Waals surface area contributed by atoms with Crippen LogP contribution in [-0.2, 0) is 9.47 Å². The number of hydrogen-bond donors (Lipinski definition) is 1. The van der Waals surface area contributed by atoms with Gasteiger partial charge < -0.3 is 14.8 Å². The predicted octanol–water partition coefficient (Wildman–Crippen LogP) is 3.77. The SMILES string of the molecule is CNC(CCC(C)(C)OC)C1(OC)CCC(C)(C)CC1. The minimum Gasteiger partial charge on any atom is -0.379 e. The molecule has 0 bridgehead atoms. The number of rotatable bonds is 7. The molecule has 0 spiro atoms. The fourth-order valence-electron chi connectivity index (χ4n) is 3.31. The van der Waals surface area contributed by atoms with Crippen molar-refractivity contribution in [3.63, 3.8) is 0 Å². The van der Waals surface area contributed by atoms with Crippen molar-refractivity contribution in [1.82, 2.24) is 5.32 Å². The van der Waals surface area contributed by atoms with Gasteiger partial charge in [-0.05, 0) is 64.8 Å². The van der Waals surface area contributed by atoms with Crippen LogP contribution in [0, 0.1) is 5.41 Å². The zero-order chi connectivity index (χ0) is 15.4. The molecule has 1 rings (SSSR count). The Kier molecular flexibility index (Phi) is 6.06. The van der Waals surface area contributed by atoms with E-state index in [1.807, 2.05) is 7.11 Å². The van der Waals surface area contributed by atoms with Gasteiger partial charge in [-0.1, -0.05) is 13.8 Å². The van der Waals surface area contributed by atoms with Crippen LogP contribution < -0.4 is 5.32 Å². The van der Waals surface area contributed by atoms with Gasteiger partial charge in [-0.25, -0.2) is 0 Å². The van der Waals surface area contributed by atoms with Crippen LogP contribution in [0.1, 0.15) is 66.2 Å². The van der Waals surface area contributed by atoms with Crippen molar-refractivity contribution in [3.05, 3.63) is 0 Å². The molecule has 0 aromatic rings. The van der Waals surface area contributed by atoms with Gasteiger partial charge in [0.05, 0.1) is 11.2 Å². The maximum Gasteiger partial charge on any atom is 0.0831 e. The summed E-state index contributed by atoms with van der Waals surface area (Å²) in [4.78, 5) is 0. The third kappa shape index (κ3) is 4.44. The summed E-state index contributed by atoms with van der Waals surface area (Å²) in [7, 11) is 5.73. The highest BCUT2D eigenvalue weighted by atomic mass is 16.5. The molecular weight excluding hydrogens is 250 g/mol. The average molecular weight is 285 g/mol. The van der Waals surface area contributed by atoms with Crippen LogP contribution in [0.2, 0.25) is 0 Å². The summed E-state index contributed by atoms with van der Waals surface area (Å²) in [6.45, 7) is 9.05. The summed E-state index contributed by atoms with van der Waals surface area (Å²) >= 11 is 0. The van der Waals surface area contributed by atoms with Gasteiger partial charge in [0.15, 0.2) is 0 Å². The van der Waals surface area contributed by atoms with Gasteiger partial charge in [0.1, 0.15) is 0 Å². The highest BCUT2D eigenvalue weighted by Crippen LogP contribution is 2.44. The molecule has 0 saturated heterocycles. The number of methoxy groups -OCH3 is 2. The van der Waals surface area contributed by atoms with Crippen LogP contribution in [0.5, 0.6) is 0 Å². The molecule has 120 valence electrons. The third-order valence-corrected chi connectivity index (χ3v) is 5.43. The van der Waals surface area contributed by atoms with Gasteiger partial charge in [-0.2, -0.15) is 0 Å². The van der Waals surface area contributed by atoms with E-state index in [2.05, 4.69) is 40.1 Å². The first-order valence-corrected chi connectivity index (χ1v) is 7.98. The van der Waals surface area contributed by atoms with Crippen molar-refractivity contribution >= 4 is 0 Å². The second kappa shape index (κ2) is 6.76. The molecule has 0 aromatic heterocycles. The lowest BCUT2D eigenvalue weighted by atomic mass is 9.67. The van der Waals surface area contributed by atoms with Crippen molar-refractivity contribution in [1.29, 1.82) is 0 Å². The summed E-state index contributed by atoms with van der Waals surface area (Å²) in [5.74, 6) is 0. The Morgan fingerprint density at radius 1 is 1.10 bits per heavy atom. The Hall–Kier alpha value is -0.120. The van der Waals surface area contributed by atoms with E-state index < -0.39 is 0 Å². The number of nitrogens with one attached hydrogen (secondary N) is 1. The minimum atomic E-state index is -0.0576. The van der Waals surface area contributed by atoms with E-state index in [0.29, 0.717) is 11.5 Å². The van der Waals surface area contributed by atoms with Crippen LogP contribution in [0.25, 0.3) is 0 Å². The first-order chi connectivity index (χ1) is 9.20. The standard InChI is InChI=1S/C17H35NO2/c1-15(2)10-12-17(20-7,13-11-15)14(18-5)8-9-16(3,4)19-6/h14,18H,8-13H2,1-7H3. The van der Waals surface area contributed by atoms with Gasteiger partial charge in [-0.15, -0.1) is 0 Å². The van der Waals surface area contributed by atoms with Gasteiger partial charge in [0.25, 0.3) is 0 Å². The molecule has 3 nitrogen and oxygen atoms in total. The number of hydrogen-bond acceptors (Lipinski definition) is 3. The fraction of sp³-hybridized carbons (Fsp3) is 1.00. The molecule has 0 aromatic carbocycles. The maximum absolute atomic E-state index is 6.02. The summed E-state index contributed by atoms with van der Waals surface area (Å²) in [6.07, 6.45) is 6.92. The quantitative estimate of drug-likeness (QED) is 0.772. The number of ether oxygens (including phenoxy) is 2. The molecule has 0 heterocycles. The number of likely N-dealkylation sites (N-methyl/N-ethyl adjacent to an activating group) is 1. The zero-order valence-electron chi connectivity index (χ0n) is 14.6. The van der Waals surface area contributed by atoms with Crippen molar-refractivity contribution in [2.45, 2.75) is 83.5 Å². The molecule has 0 radical (unpaired) electrons. The zero-order valence-corrected chi connectivity index (χ0v) is 14.6. The second-order valence-electron chi connectivity index (χ2n) is 7.78. The topological polar surface area (TPSA) is 30.5 Å². The summed E-state index contributed by atoms with van der Waals surface area (Å²) in [6, 6.07) is 0.401. The highest BCUT2D eigenvalue weighted by molar-refractivity contribution is 4.98. The second-order valence-corrected chi connectivity index (χ2v) is 7.78. The van der Waals surface area contributed by atoms with E-state index in [9.17, 15) is 0 Å². The molecule has 1 atom stereocenters. The highest BCUT2D eigenvalue weighted by Gasteiger charge is 2.43. The summed E-state index contributed by atoms with van der Waals surface area (Å²) in [5.41, 5.74) is 0.401. The van der Waals surface area contributed by atoms with Crippen molar-refractivity contribution < 1.29 is 9.47 Å². The van der Waals surface area contributed by atoms with E-state index in [-0.39, 0.29) is 11.2 Å². The van der Waals surface area contributed by atoms with Crippen LogP contribution in [0.4, 0.5) is 0 Å². The fourth-order valence-corrected chi connectivity index (χ4v) is 3.31. The largest absolute Gasteiger partial charge is 0.379 e. The van der Waals surface area contributed by atoms with Crippen LogP contribution >= 0.6 is 0 Å². The minimum absolute atomic E-state index is 0.00586. The summed E-state index contributed by atoms with van der Waals surface area (Å²) < 4.78 is 11.6. The van der Waals surface area contributed by atoms with E-state index in [4.69, 9.17) is 9.47 Å². The molecule has 0 amide bonds. The van der Waals surface area contributed by atoms with Crippen molar-refractivity contribution in [2.75, 3.05) is 21.3 Å². The Bertz CT molecular complexity index is 289. The average Bonchev–Trinajstić information content (AvgIpc) is 2.41. The van der Waals surface area contributed by atoms with Gasteiger partial charge >= 0.3 is 0 Å². The molecular formula is C17H35NO2. The molecule has 1 unspecified atom stereocenters. The van der Waals surface area contributed by atoms with E-state index in [1.165, 1.54) is 12.8 Å². The first-order valence-electron chi connectivity index (χ1n) is 7.98. The smallest absolute Gasteiger partial charge is 0.0831 e. The maximum atomic E-state index is 6.02. The molecule has 1 fully saturated rings. The van der Waals surface area contributed by atoms with Gasteiger partial charge in [0.2, 0.25) is 0 Å². The van der Waals surface area contributed by atoms with Crippen LogP contribution in [0.15, 0.2) is 0 Å². The van der Waals surface area contributed by atoms with Crippen LogP contribution in [-0.4, -0.2) is 38.5 Å². The molecule has 3 heteroatoms. The molecule has 1 saturated carbocycles. The van der Waals surface area contributed by atoms with E-state index >= 15 is 0 Å². The van der Waals surface area contributed by atoms with E-state index in [1.54, 1.807) is 7.11 Å². The Balaban J connectivity index is 2.70. The van der Waals surface area contributed by atoms with Gasteiger partial charge in [0, 0.05) is 20.3 Å². The Morgan fingerprint density at radius 2 is 1.65 bits per heavy atom. The Labute approximate surface area is 125 Å². The Morgan fingerprint density at radius 3 is 2.05 bits per heavy atom. The van der Waals surface area contributed by atoms with Gasteiger partial charge in [-0.3, -0.25) is 0 Å². The molecule has 0 aliphatic heterocycles.